The Kier molecular flexibility index (Phi) is 8.54. The average Bonchev–Trinajstić information content (AvgIpc) is 3.09. The third-order valence-corrected chi connectivity index (χ3v) is 6.44. The summed E-state index contributed by atoms with van der Waals surface area (Å²) in [7, 11) is 4.15. The van der Waals surface area contributed by atoms with Gasteiger partial charge >= 0.3 is 0 Å². The van der Waals surface area contributed by atoms with Crippen molar-refractivity contribution in [2.45, 2.75) is 25.7 Å². The van der Waals surface area contributed by atoms with Crippen molar-refractivity contribution in [3.63, 3.8) is 0 Å². The van der Waals surface area contributed by atoms with Crippen molar-refractivity contribution < 1.29 is 21.9 Å². The van der Waals surface area contributed by atoms with Crippen molar-refractivity contribution in [2.75, 3.05) is 30.4 Å². The maximum Gasteiger partial charge on any atom is 0.238 e. The van der Waals surface area contributed by atoms with E-state index in [4.69, 9.17) is 0 Å². The van der Waals surface area contributed by atoms with Crippen LogP contribution in [0.15, 0.2) is 101 Å². The largest absolute Gasteiger partial charge is 0.492 e. The Morgan fingerprint density at radius 1 is 1.00 bits per heavy atom. The van der Waals surface area contributed by atoms with Crippen LogP contribution in [0.2, 0.25) is 0 Å². The summed E-state index contributed by atoms with van der Waals surface area (Å²) >= 11 is 0. The van der Waals surface area contributed by atoms with Gasteiger partial charge in [0.2, 0.25) is 5.90 Å². The van der Waals surface area contributed by atoms with Crippen molar-refractivity contribution in [3.8, 4) is 0 Å². The number of hydrogen-bond donors (Lipinski definition) is 1. The molecule has 0 saturated carbocycles. The first-order valence-corrected chi connectivity index (χ1v) is 11.6. The van der Waals surface area contributed by atoms with E-state index in [1.165, 1.54) is 28.2 Å². The molecule has 0 aliphatic carbocycles. The van der Waals surface area contributed by atoms with Crippen LogP contribution in [0.1, 0.15) is 30.5 Å². The van der Waals surface area contributed by atoms with Gasteiger partial charge in [-0.2, -0.15) is 5.10 Å². The normalized spacial score (nSPS) is 18.6. The predicted octanol–water partition coefficient (Wildman–Crippen LogP) is 5.96. The fourth-order valence-corrected chi connectivity index (χ4v) is 4.69. The predicted molar refractivity (Wildman–Crippen MR) is 143 cm³/mol. The zero-order valence-corrected chi connectivity index (χ0v) is 21.7. The van der Waals surface area contributed by atoms with E-state index >= 15 is 0 Å². The minimum atomic E-state index is -0.240. The monoisotopic (exact) mass is 511 g/mol. The Morgan fingerprint density at radius 3 is 2.29 bits per heavy atom. The van der Waals surface area contributed by atoms with E-state index in [9.17, 15) is 5.11 Å². The standard InChI is InChI=1S/C29H32N4O.Co/c1-5-33-26-17-16-24(32(3)4)20-25(26)29(2,21-22-12-8-6-9-13-22)27(33)18-19-30-31-28(34)23-14-10-7-11-15-23;/h6-20H,5,21H2,1-4H3,(H,31,34);/b27-18-,30-19+;. The molecule has 0 saturated heterocycles. The van der Waals surface area contributed by atoms with Crippen molar-refractivity contribution in [2.24, 2.45) is 10.2 Å². The average molecular weight is 512 g/mol. The van der Waals surface area contributed by atoms with Gasteiger partial charge in [0, 0.05) is 65.5 Å². The summed E-state index contributed by atoms with van der Waals surface area (Å²) in [5.41, 5.74) is 6.56. The van der Waals surface area contributed by atoms with E-state index in [1.807, 2.05) is 24.3 Å². The Morgan fingerprint density at radius 2 is 1.66 bits per heavy atom. The molecule has 0 aromatic heterocycles. The van der Waals surface area contributed by atoms with Crippen LogP contribution in [0.3, 0.4) is 0 Å². The molecule has 3 aromatic rings. The van der Waals surface area contributed by atoms with Gasteiger partial charge in [-0.15, -0.1) is 5.10 Å². The molecule has 0 fully saturated rings. The molecular formula is C29H32CoN4O. The van der Waals surface area contributed by atoms with Gasteiger partial charge in [0.1, 0.15) is 0 Å². The quantitative estimate of drug-likeness (QED) is 0.242. The third kappa shape index (κ3) is 5.50. The van der Waals surface area contributed by atoms with Crippen molar-refractivity contribution in [1.29, 1.82) is 0 Å². The molecule has 1 heterocycles. The van der Waals surface area contributed by atoms with E-state index in [2.05, 4.69) is 96.5 Å². The van der Waals surface area contributed by atoms with E-state index in [-0.39, 0.29) is 28.1 Å². The maximum atomic E-state index is 10.2. The number of aliphatic hydroxyl groups is 1. The number of fused-ring (bicyclic) bond motifs is 1. The number of allylic oxidation sites excluding steroid dienone is 2. The van der Waals surface area contributed by atoms with E-state index in [0.717, 1.165) is 13.0 Å². The molecule has 0 amide bonds. The fourth-order valence-electron chi connectivity index (χ4n) is 4.69. The number of likely N-dealkylation sites (N-methyl/N-ethyl adjacent to an activating group) is 1. The molecule has 1 N–H and O–H groups in total. The second-order valence-electron chi connectivity index (χ2n) is 8.94. The van der Waals surface area contributed by atoms with Crippen LogP contribution in [0.25, 0.3) is 0 Å². The first-order valence-electron chi connectivity index (χ1n) is 11.6. The second-order valence-corrected chi connectivity index (χ2v) is 8.94. The second kappa shape index (κ2) is 11.4. The van der Waals surface area contributed by atoms with Crippen LogP contribution in [0, 0.1) is 0 Å². The minimum absolute atomic E-state index is 0. The van der Waals surface area contributed by atoms with Gasteiger partial charge < -0.3 is 14.9 Å². The molecule has 0 bridgehead atoms. The molecule has 6 heteroatoms. The number of benzene rings is 3. The van der Waals surface area contributed by atoms with Gasteiger partial charge in [-0.1, -0.05) is 48.5 Å². The molecular weight excluding hydrogens is 479 g/mol. The molecule has 35 heavy (non-hydrogen) atoms. The molecule has 1 radical (unpaired) electrons. The van der Waals surface area contributed by atoms with Gasteiger partial charge in [0.25, 0.3) is 0 Å². The van der Waals surface area contributed by atoms with Crippen molar-refractivity contribution >= 4 is 23.5 Å². The van der Waals surface area contributed by atoms with Gasteiger partial charge in [0.05, 0.1) is 6.21 Å². The Labute approximate surface area is 218 Å². The number of anilines is 2. The smallest absolute Gasteiger partial charge is 0.238 e. The summed E-state index contributed by atoms with van der Waals surface area (Å²) in [6.45, 7) is 5.32. The summed E-state index contributed by atoms with van der Waals surface area (Å²) < 4.78 is 0. The summed E-state index contributed by atoms with van der Waals surface area (Å²) in [5, 5.41) is 18.4. The van der Waals surface area contributed by atoms with Gasteiger partial charge in [-0.3, -0.25) is 0 Å². The summed E-state index contributed by atoms with van der Waals surface area (Å²) in [6.07, 6.45) is 4.58. The van der Waals surface area contributed by atoms with E-state index in [0.29, 0.717) is 5.56 Å². The summed E-state index contributed by atoms with van der Waals surface area (Å²) in [6, 6.07) is 26.5. The summed E-state index contributed by atoms with van der Waals surface area (Å²) in [5.74, 6) is -0.0972. The zero-order chi connectivity index (χ0) is 24.1. The van der Waals surface area contributed by atoms with Gasteiger partial charge in [-0.05, 0) is 67.8 Å². The number of hydrogen-bond acceptors (Lipinski definition) is 4. The number of aliphatic hydroxyl groups excluding tert-OH is 1. The topological polar surface area (TPSA) is 51.4 Å². The van der Waals surface area contributed by atoms with Crippen LogP contribution in [-0.2, 0) is 28.6 Å². The van der Waals surface area contributed by atoms with E-state index < -0.39 is 0 Å². The molecule has 3 aromatic carbocycles. The molecule has 183 valence electrons. The first-order chi connectivity index (χ1) is 16.4. The van der Waals surface area contributed by atoms with Crippen molar-refractivity contribution in [1.82, 2.24) is 0 Å². The van der Waals surface area contributed by atoms with Crippen LogP contribution in [0.5, 0.6) is 0 Å². The molecule has 0 spiro atoms. The first kappa shape index (κ1) is 26.3. The molecule has 1 unspecified atom stereocenters. The third-order valence-electron chi connectivity index (χ3n) is 6.44. The zero-order valence-electron chi connectivity index (χ0n) is 20.6. The molecule has 1 aliphatic heterocycles. The molecule has 4 rings (SSSR count). The summed E-state index contributed by atoms with van der Waals surface area (Å²) in [4.78, 5) is 4.49. The van der Waals surface area contributed by atoms with Crippen LogP contribution < -0.4 is 9.80 Å². The Bertz CT molecular complexity index is 1220. The molecule has 1 aliphatic rings. The SMILES string of the molecule is CCN1\C(=C/C=N/N=C(\O)c2ccccc2)C(C)(Cc2ccccc2)c2cc(N(C)C)ccc21.[Co]. The fraction of sp³-hybridized carbons (Fsp3) is 0.241. The van der Waals surface area contributed by atoms with Crippen molar-refractivity contribution in [3.05, 3.63) is 107 Å². The van der Waals surface area contributed by atoms with E-state index in [1.54, 1.807) is 18.3 Å². The molecule has 1 atom stereocenters. The number of nitrogens with zero attached hydrogens (tertiary/aromatic N) is 4. The molecule has 5 nitrogen and oxygen atoms in total. The van der Waals surface area contributed by atoms with Crippen LogP contribution in [-0.4, -0.2) is 37.9 Å². The maximum absolute atomic E-state index is 10.2. The van der Waals surface area contributed by atoms with Crippen LogP contribution >= 0.6 is 0 Å². The Balaban J connectivity index is 0.00000342. The Hall–Kier alpha value is -3.35. The van der Waals surface area contributed by atoms with Gasteiger partial charge in [0.15, 0.2) is 0 Å². The minimum Gasteiger partial charge on any atom is -0.492 e. The number of rotatable bonds is 7. The van der Waals surface area contributed by atoms with Crippen LogP contribution in [0.4, 0.5) is 11.4 Å². The van der Waals surface area contributed by atoms with Gasteiger partial charge in [-0.25, -0.2) is 0 Å².